The number of nitriles is 1. The Morgan fingerprint density at radius 3 is 2.71 bits per heavy atom. The topological polar surface area (TPSA) is 33.0 Å². The highest BCUT2D eigenvalue weighted by Crippen LogP contribution is 2.49. The monoisotopic (exact) mass is 353 g/mol. The maximum absolute atomic E-state index is 8.85. The fourth-order valence-electron chi connectivity index (χ4n) is 2.64. The van der Waals surface area contributed by atoms with Crippen molar-refractivity contribution in [1.82, 2.24) is 0 Å². The first-order valence-electron chi connectivity index (χ1n) is 5.48. The van der Waals surface area contributed by atoms with Gasteiger partial charge in [-0.3, -0.25) is 0 Å². The van der Waals surface area contributed by atoms with Crippen molar-refractivity contribution in [2.75, 3.05) is 6.61 Å². The van der Waals surface area contributed by atoms with Crippen LogP contribution in [0.25, 0.3) is 5.57 Å². The van der Waals surface area contributed by atoms with Crippen molar-refractivity contribution in [2.45, 2.75) is 19.3 Å². The van der Waals surface area contributed by atoms with E-state index in [1.54, 1.807) is 6.08 Å². The van der Waals surface area contributed by atoms with E-state index in [0.29, 0.717) is 0 Å². The molecule has 0 saturated heterocycles. The summed E-state index contributed by atoms with van der Waals surface area (Å²) in [6.07, 6.45) is 4.55. The summed E-state index contributed by atoms with van der Waals surface area (Å²) in [6, 6.07) is 2.15. The lowest BCUT2D eigenvalue weighted by Crippen LogP contribution is -1.92. The maximum Gasteiger partial charge on any atom is 0.138 e. The molecule has 1 heterocycles. The van der Waals surface area contributed by atoms with Crippen molar-refractivity contribution in [3.63, 3.8) is 0 Å². The Hall–Kier alpha value is -0.790. The second-order valence-corrected chi connectivity index (χ2v) is 5.77. The molecule has 0 N–H and O–H groups in total. The highest BCUT2D eigenvalue weighted by Gasteiger charge is 2.30. The van der Waals surface area contributed by atoms with E-state index in [9.17, 15) is 0 Å². The predicted molar refractivity (Wildman–Crippen MR) is 73.0 cm³/mol. The van der Waals surface area contributed by atoms with Crippen LogP contribution in [0, 0.1) is 11.3 Å². The van der Waals surface area contributed by atoms with E-state index in [1.807, 2.05) is 0 Å². The van der Waals surface area contributed by atoms with Crippen molar-refractivity contribution < 1.29 is 4.74 Å². The Kier molecular flexibility index (Phi) is 2.76. The predicted octanol–water partition coefficient (Wildman–Crippen LogP) is 4.00. The van der Waals surface area contributed by atoms with Gasteiger partial charge >= 0.3 is 0 Å². The Balaban J connectivity index is 2.33. The van der Waals surface area contributed by atoms with Crippen molar-refractivity contribution in [1.29, 1.82) is 5.26 Å². The van der Waals surface area contributed by atoms with Gasteiger partial charge in [-0.2, -0.15) is 5.26 Å². The molecule has 0 atom stereocenters. The van der Waals surface area contributed by atoms with Gasteiger partial charge in [0.1, 0.15) is 5.75 Å². The van der Waals surface area contributed by atoms with E-state index in [2.05, 4.69) is 37.9 Å². The molecule has 17 heavy (non-hydrogen) atoms. The molecule has 0 bridgehead atoms. The van der Waals surface area contributed by atoms with E-state index < -0.39 is 0 Å². The van der Waals surface area contributed by atoms with Gasteiger partial charge in [-0.15, -0.1) is 0 Å². The van der Waals surface area contributed by atoms with Crippen molar-refractivity contribution >= 4 is 37.4 Å². The lowest BCUT2D eigenvalue weighted by atomic mass is 9.98. The molecule has 0 spiro atoms. The molecule has 0 amide bonds. The minimum Gasteiger partial charge on any atom is -0.492 e. The minimum absolute atomic E-state index is 0.733. The minimum atomic E-state index is 0.733. The third kappa shape index (κ3) is 1.56. The third-order valence-electron chi connectivity index (χ3n) is 3.34. The summed E-state index contributed by atoms with van der Waals surface area (Å²) in [5, 5.41) is 8.85. The van der Waals surface area contributed by atoms with Crippen molar-refractivity contribution in [3.8, 4) is 11.8 Å². The molecule has 4 heteroatoms. The van der Waals surface area contributed by atoms with Gasteiger partial charge in [-0.1, -0.05) is 0 Å². The second-order valence-electron chi connectivity index (χ2n) is 4.19. The zero-order valence-corrected chi connectivity index (χ0v) is 12.2. The summed E-state index contributed by atoms with van der Waals surface area (Å²) in [6.45, 7) is 0.733. The van der Waals surface area contributed by atoms with Crippen LogP contribution in [0.2, 0.25) is 0 Å². The Labute approximate surface area is 117 Å². The number of benzene rings is 1. The van der Waals surface area contributed by atoms with Gasteiger partial charge in [-0.05, 0) is 61.4 Å². The van der Waals surface area contributed by atoms with Gasteiger partial charge in [0.25, 0.3) is 0 Å². The molecule has 0 saturated carbocycles. The summed E-state index contributed by atoms with van der Waals surface area (Å²) in [5.41, 5.74) is 4.96. The quantitative estimate of drug-likeness (QED) is 0.660. The van der Waals surface area contributed by atoms with Crippen LogP contribution in [0.15, 0.2) is 15.0 Å². The summed E-state index contributed by atoms with van der Waals surface area (Å²) >= 11 is 7.21. The number of allylic oxidation sites excluding steroid dienone is 2. The molecular weight excluding hydrogens is 346 g/mol. The van der Waals surface area contributed by atoms with Crippen LogP contribution in [0.1, 0.15) is 23.1 Å². The standard InChI is InChI=1S/C13H9Br2NO/c14-11-8-2-1-7(3-5-16)10(8)9-4-6-17-13(9)12(11)15/h3H,1-2,4,6H2. The van der Waals surface area contributed by atoms with E-state index >= 15 is 0 Å². The van der Waals surface area contributed by atoms with Gasteiger partial charge in [0.2, 0.25) is 0 Å². The van der Waals surface area contributed by atoms with Gasteiger partial charge in [0.05, 0.1) is 17.1 Å². The number of ether oxygens (including phenoxy) is 1. The largest absolute Gasteiger partial charge is 0.492 e. The summed E-state index contributed by atoms with van der Waals surface area (Å²) < 4.78 is 7.77. The molecule has 2 aliphatic rings. The fraction of sp³-hybridized carbons (Fsp3) is 0.308. The van der Waals surface area contributed by atoms with Gasteiger partial charge in [-0.25, -0.2) is 0 Å². The zero-order chi connectivity index (χ0) is 12.0. The first-order chi connectivity index (χ1) is 8.24. The van der Waals surface area contributed by atoms with Crippen LogP contribution in [0.3, 0.4) is 0 Å². The number of fused-ring (bicyclic) bond motifs is 3. The molecule has 3 rings (SSSR count). The van der Waals surface area contributed by atoms with Crippen LogP contribution >= 0.6 is 31.9 Å². The molecule has 2 nitrogen and oxygen atoms in total. The van der Waals surface area contributed by atoms with E-state index in [-0.39, 0.29) is 0 Å². The number of hydrogen-bond acceptors (Lipinski definition) is 2. The number of halogens is 2. The molecule has 1 aliphatic carbocycles. The molecule has 0 unspecified atom stereocenters. The lowest BCUT2D eigenvalue weighted by Gasteiger charge is -2.12. The van der Waals surface area contributed by atoms with E-state index in [1.165, 1.54) is 16.7 Å². The Morgan fingerprint density at radius 1 is 1.12 bits per heavy atom. The number of hydrogen-bond donors (Lipinski definition) is 0. The second kappa shape index (κ2) is 4.15. The van der Waals surface area contributed by atoms with Crippen LogP contribution in [-0.4, -0.2) is 6.61 Å². The Morgan fingerprint density at radius 2 is 1.94 bits per heavy atom. The summed E-state index contributed by atoms with van der Waals surface area (Å²) in [4.78, 5) is 0. The highest BCUT2D eigenvalue weighted by atomic mass is 79.9. The lowest BCUT2D eigenvalue weighted by molar-refractivity contribution is 0.354. The van der Waals surface area contributed by atoms with Gasteiger partial charge < -0.3 is 4.74 Å². The molecule has 1 aromatic carbocycles. The Bertz CT molecular complexity index is 584. The maximum atomic E-state index is 8.85. The van der Waals surface area contributed by atoms with Crippen LogP contribution in [0.4, 0.5) is 0 Å². The molecule has 0 aromatic heterocycles. The summed E-state index contributed by atoms with van der Waals surface area (Å²) in [7, 11) is 0. The van der Waals surface area contributed by atoms with Gasteiger partial charge in [0.15, 0.2) is 0 Å². The number of rotatable bonds is 0. The molecular formula is C13H9Br2NO. The number of nitrogens with zero attached hydrogens (tertiary/aromatic N) is 1. The summed E-state index contributed by atoms with van der Waals surface area (Å²) in [5.74, 6) is 0.946. The van der Waals surface area contributed by atoms with Crippen LogP contribution in [0.5, 0.6) is 5.75 Å². The average molecular weight is 355 g/mol. The van der Waals surface area contributed by atoms with Crippen LogP contribution < -0.4 is 4.74 Å². The van der Waals surface area contributed by atoms with Crippen molar-refractivity contribution in [3.05, 3.63) is 31.7 Å². The smallest absolute Gasteiger partial charge is 0.138 e. The van der Waals surface area contributed by atoms with Crippen LogP contribution in [-0.2, 0) is 12.8 Å². The SMILES string of the molecule is N#CC=C1CCc2c(Br)c(Br)c3c(c21)CCO3. The van der Waals surface area contributed by atoms with E-state index in [0.717, 1.165) is 46.1 Å². The molecule has 0 radical (unpaired) electrons. The third-order valence-corrected chi connectivity index (χ3v) is 5.50. The first-order valence-corrected chi connectivity index (χ1v) is 7.07. The average Bonchev–Trinajstić information content (AvgIpc) is 2.92. The molecule has 0 fully saturated rings. The highest BCUT2D eigenvalue weighted by molar-refractivity contribution is 9.13. The fourth-order valence-corrected chi connectivity index (χ4v) is 3.81. The van der Waals surface area contributed by atoms with Crippen molar-refractivity contribution in [2.24, 2.45) is 0 Å². The molecule has 1 aromatic rings. The zero-order valence-electron chi connectivity index (χ0n) is 9.02. The molecule has 86 valence electrons. The van der Waals surface area contributed by atoms with E-state index in [4.69, 9.17) is 10.00 Å². The first kappa shape index (κ1) is 11.3. The van der Waals surface area contributed by atoms with Gasteiger partial charge in [0, 0.05) is 22.5 Å². The normalized spacial score (nSPS) is 18.8. The molecule has 1 aliphatic heterocycles.